The van der Waals surface area contributed by atoms with Crippen molar-refractivity contribution in [3.63, 3.8) is 0 Å². The Morgan fingerprint density at radius 1 is 1.47 bits per heavy atom. The standard InChI is InChI=1S/C15H23BrN2O/c1-3-12-10-19-11(2)9-18(12)15(8-17)13-6-4-5-7-14(13)16/h4-7,11-12,15H,3,8-10,17H2,1-2H3. The summed E-state index contributed by atoms with van der Waals surface area (Å²) in [6.45, 7) is 6.73. The lowest BCUT2D eigenvalue weighted by Crippen LogP contribution is -2.51. The van der Waals surface area contributed by atoms with Gasteiger partial charge in [-0.05, 0) is 25.0 Å². The molecule has 1 fully saturated rings. The van der Waals surface area contributed by atoms with Crippen molar-refractivity contribution in [2.24, 2.45) is 5.73 Å². The van der Waals surface area contributed by atoms with Gasteiger partial charge in [0.2, 0.25) is 0 Å². The maximum Gasteiger partial charge on any atom is 0.0675 e. The second-order valence-corrected chi connectivity index (χ2v) is 6.03. The van der Waals surface area contributed by atoms with Crippen LogP contribution in [0.2, 0.25) is 0 Å². The minimum Gasteiger partial charge on any atom is -0.376 e. The van der Waals surface area contributed by atoms with Gasteiger partial charge >= 0.3 is 0 Å². The van der Waals surface area contributed by atoms with Crippen LogP contribution >= 0.6 is 15.9 Å². The summed E-state index contributed by atoms with van der Waals surface area (Å²) < 4.78 is 6.92. The van der Waals surface area contributed by atoms with E-state index in [1.807, 2.05) is 6.07 Å². The summed E-state index contributed by atoms with van der Waals surface area (Å²) in [4.78, 5) is 2.51. The number of hydrogen-bond acceptors (Lipinski definition) is 3. The van der Waals surface area contributed by atoms with Gasteiger partial charge in [-0.3, -0.25) is 4.90 Å². The molecule has 0 amide bonds. The Hall–Kier alpha value is -0.420. The minimum atomic E-state index is 0.256. The van der Waals surface area contributed by atoms with E-state index in [4.69, 9.17) is 10.5 Å². The Balaban J connectivity index is 2.26. The van der Waals surface area contributed by atoms with Gasteiger partial charge in [-0.2, -0.15) is 0 Å². The third-order valence-electron chi connectivity index (χ3n) is 3.87. The average molecular weight is 327 g/mol. The number of benzene rings is 1. The Bertz CT molecular complexity index is 413. The fraction of sp³-hybridized carbons (Fsp3) is 0.600. The summed E-state index contributed by atoms with van der Waals surface area (Å²) in [7, 11) is 0. The lowest BCUT2D eigenvalue weighted by Gasteiger charge is -2.43. The first-order valence-electron chi connectivity index (χ1n) is 6.99. The highest BCUT2D eigenvalue weighted by molar-refractivity contribution is 9.10. The van der Waals surface area contributed by atoms with Gasteiger partial charge in [0, 0.05) is 29.6 Å². The smallest absolute Gasteiger partial charge is 0.0675 e. The minimum absolute atomic E-state index is 0.256. The lowest BCUT2D eigenvalue weighted by atomic mass is 10.0. The van der Waals surface area contributed by atoms with Gasteiger partial charge in [-0.25, -0.2) is 0 Å². The maximum atomic E-state index is 6.06. The van der Waals surface area contributed by atoms with Crippen LogP contribution in [0, 0.1) is 0 Å². The van der Waals surface area contributed by atoms with Gasteiger partial charge in [-0.15, -0.1) is 0 Å². The molecule has 0 spiro atoms. The zero-order chi connectivity index (χ0) is 13.8. The molecule has 0 radical (unpaired) electrons. The Morgan fingerprint density at radius 2 is 2.21 bits per heavy atom. The summed E-state index contributed by atoms with van der Waals surface area (Å²) >= 11 is 3.65. The zero-order valence-corrected chi connectivity index (χ0v) is 13.3. The fourth-order valence-electron chi connectivity index (χ4n) is 2.79. The Labute approximate surface area is 124 Å². The van der Waals surface area contributed by atoms with E-state index in [0.29, 0.717) is 12.6 Å². The van der Waals surface area contributed by atoms with Crippen LogP contribution in [0.1, 0.15) is 31.9 Å². The SMILES string of the molecule is CCC1COC(C)CN1C(CN)c1ccccc1Br. The monoisotopic (exact) mass is 326 g/mol. The van der Waals surface area contributed by atoms with Crippen molar-refractivity contribution in [3.05, 3.63) is 34.3 Å². The van der Waals surface area contributed by atoms with E-state index < -0.39 is 0 Å². The number of nitrogens with zero attached hydrogens (tertiary/aromatic N) is 1. The van der Waals surface area contributed by atoms with Crippen LogP contribution in [0.5, 0.6) is 0 Å². The molecule has 1 aromatic rings. The third kappa shape index (κ3) is 3.37. The van der Waals surface area contributed by atoms with Crippen LogP contribution in [0.15, 0.2) is 28.7 Å². The molecule has 0 saturated carbocycles. The van der Waals surface area contributed by atoms with Gasteiger partial charge in [0.05, 0.1) is 12.7 Å². The van der Waals surface area contributed by atoms with Gasteiger partial charge in [-0.1, -0.05) is 41.1 Å². The summed E-state index contributed by atoms with van der Waals surface area (Å²) in [5.41, 5.74) is 7.34. The molecule has 1 heterocycles. The quantitative estimate of drug-likeness (QED) is 0.924. The second-order valence-electron chi connectivity index (χ2n) is 5.18. The van der Waals surface area contributed by atoms with Crippen molar-refractivity contribution in [1.29, 1.82) is 0 Å². The van der Waals surface area contributed by atoms with Crippen molar-refractivity contribution >= 4 is 15.9 Å². The molecule has 4 heteroatoms. The molecule has 19 heavy (non-hydrogen) atoms. The number of hydrogen-bond donors (Lipinski definition) is 1. The van der Waals surface area contributed by atoms with E-state index in [1.54, 1.807) is 0 Å². The van der Waals surface area contributed by atoms with Crippen molar-refractivity contribution < 1.29 is 4.74 Å². The number of morpholine rings is 1. The molecule has 2 N–H and O–H groups in total. The van der Waals surface area contributed by atoms with Crippen molar-refractivity contribution in [2.75, 3.05) is 19.7 Å². The molecule has 3 atom stereocenters. The molecule has 106 valence electrons. The van der Waals surface area contributed by atoms with Crippen LogP contribution in [0.4, 0.5) is 0 Å². The molecule has 0 bridgehead atoms. The maximum absolute atomic E-state index is 6.06. The number of ether oxygens (including phenoxy) is 1. The van der Waals surface area contributed by atoms with Crippen molar-refractivity contribution in [1.82, 2.24) is 4.90 Å². The van der Waals surface area contributed by atoms with Crippen molar-refractivity contribution in [2.45, 2.75) is 38.5 Å². The second kappa shape index (κ2) is 6.84. The topological polar surface area (TPSA) is 38.5 Å². The molecule has 2 rings (SSSR count). The number of rotatable bonds is 4. The van der Waals surface area contributed by atoms with Gasteiger partial charge in [0.1, 0.15) is 0 Å². The molecule has 1 aliphatic rings. The lowest BCUT2D eigenvalue weighted by molar-refractivity contribution is -0.0720. The highest BCUT2D eigenvalue weighted by atomic mass is 79.9. The van der Waals surface area contributed by atoms with Gasteiger partial charge in [0.25, 0.3) is 0 Å². The fourth-order valence-corrected chi connectivity index (χ4v) is 3.34. The van der Waals surface area contributed by atoms with E-state index in [2.05, 4.69) is 52.9 Å². The first kappa shape index (κ1) is 15.0. The van der Waals surface area contributed by atoms with E-state index >= 15 is 0 Å². The van der Waals surface area contributed by atoms with Crippen LogP contribution in [0.3, 0.4) is 0 Å². The molecular weight excluding hydrogens is 304 g/mol. The van der Waals surface area contributed by atoms with Gasteiger partial charge in [0.15, 0.2) is 0 Å². The van der Waals surface area contributed by atoms with Crippen LogP contribution in [-0.4, -0.2) is 36.7 Å². The molecule has 0 aromatic heterocycles. The highest BCUT2D eigenvalue weighted by Crippen LogP contribution is 2.31. The van der Waals surface area contributed by atoms with E-state index in [9.17, 15) is 0 Å². The van der Waals surface area contributed by atoms with Crippen LogP contribution < -0.4 is 5.73 Å². The average Bonchev–Trinajstić information content (AvgIpc) is 2.42. The Kier molecular flexibility index (Phi) is 5.39. The number of nitrogens with two attached hydrogens (primary N) is 1. The van der Waals surface area contributed by atoms with E-state index in [1.165, 1.54) is 5.56 Å². The molecule has 1 aromatic carbocycles. The van der Waals surface area contributed by atoms with Crippen LogP contribution in [-0.2, 0) is 4.74 Å². The first-order valence-corrected chi connectivity index (χ1v) is 7.78. The van der Waals surface area contributed by atoms with Crippen molar-refractivity contribution in [3.8, 4) is 0 Å². The highest BCUT2D eigenvalue weighted by Gasteiger charge is 2.32. The van der Waals surface area contributed by atoms with E-state index in [0.717, 1.165) is 24.0 Å². The van der Waals surface area contributed by atoms with Gasteiger partial charge < -0.3 is 10.5 Å². The number of halogens is 1. The largest absolute Gasteiger partial charge is 0.376 e. The molecule has 1 saturated heterocycles. The zero-order valence-electron chi connectivity index (χ0n) is 11.7. The molecule has 0 aliphatic carbocycles. The molecule has 3 nitrogen and oxygen atoms in total. The summed E-state index contributed by atoms with van der Waals surface area (Å²) in [6, 6.07) is 9.08. The predicted molar refractivity (Wildman–Crippen MR) is 82.1 cm³/mol. The first-order chi connectivity index (χ1) is 9.17. The van der Waals surface area contributed by atoms with E-state index in [-0.39, 0.29) is 12.1 Å². The summed E-state index contributed by atoms with van der Waals surface area (Å²) in [6.07, 6.45) is 1.37. The van der Waals surface area contributed by atoms with Crippen LogP contribution in [0.25, 0.3) is 0 Å². The predicted octanol–water partition coefficient (Wildman–Crippen LogP) is 2.95. The summed E-state index contributed by atoms with van der Waals surface area (Å²) in [5.74, 6) is 0. The third-order valence-corrected chi connectivity index (χ3v) is 4.59. The Morgan fingerprint density at radius 3 is 2.84 bits per heavy atom. The molecular formula is C15H23BrN2O. The summed E-state index contributed by atoms with van der Waals surface area (Å²) in [5, 5.41) is 0. The normalized spacial score (nSPS) is 26.3. The molecule has 3 unspecified atom stereocenters. The molecule has 1 aliphatic heterocycles.